The lowest BCUT2D eigenvalue weighted by atomic mass is 9.95. The molecule has 1 unspecified atom stereocenters. The van der Waals surface area contributed by atoms with Gasteiger partial charge in [-0.1, -0.05) is 47.5 Å². The van der Waals surface area contributed by atoms with Crippen LogP contribution in [0.25, 0.3) is 0 Å². The average Bonchev–Trinajstić information content (AvgIpc) is 2.88. The maximum absolute atomic E-state index is 13.2. The summed E-state index contributed by atoms with van der Waals surface area (Å²) in [5.74, 6) is 0. The molecule has 1 fully saturated rings. The lowest BCUT2D eigenvalue weighted by molar-refractivity contribution is -0.137. The predicted octanol–water partition coefficient (Wildman–Crippen LogP) is 5.40. The van der Waals surface area contributed by atoms with Crippen molar-refractivity contribution in [2.24, 2.45) is 0 Å². The lowest BCUT2D eigenvalue weighted by Gasteiger charge is -2.32. The molecule has 7 heteroatoms. The van der Waals surface area contributed by atoms with Gasteiger partial charge in [-0.3, -0.25) is 4.90 Å². The summed E-state index contributed by atoms with van der Waals surface area (Å²) in [5, 5.41) is 4.10. The van der Waals surface area contributed by atoms with Crippen LogP contribution in [0.2, 0.25) is 10.0 Å². The molecule has 0 amide bonds. The standard InChI is InChI=1S/C19H19Cl2F3N2/c20-16-7-2-6-15(17(16)21)18(26-10-3-8-25-9-11-26)13-4-1-5-14(12-13)19(22,23)24/h1-2,4-7,12,18,25H,3,8-11H2. The summed E-state index contributed by atoms with van der Waals surface area (Å²) in [7, 11) is 0. The molecule has 1 aliphatic rings. The molecule has 0 aromatic heterocycles. The highest BCUT2D eigenvalue weighted by Crippen LogP contribution is 2.39. The van der Waals surface area contributed by atoms with E-state index >= 15 is 0 Å². The Kier molecular flexibility index (Phi) is 6.13. The SMILES string of the molecule is FC(F)(F)c1cccc(C(c2cccc(Cl)c2Cl)N2CCCNCC2)c1. The first kappa shape index (κ1) is 19.5. The van der Waals surface area contributed by atoms with Crippen LogP contribution in [-0.2, 0) is 6.18 Å². The van der Waals surface area contributed by atoms with Gasteiger partial charge in [-0.25, -0.2) is 0 Å². The maximum Gasteiger partial charge on any atom is 0.416 e. The van der Waals surface area contributed by atoms with E-state index in [-0.39, 0.29) is 6.04 Å². The minimum atomic E-state index is -4.39. The summed E-state index contributed by atoms with van der Waals surface area (Å²) in [6, 6.07) is 10.4. The van der Waals surface area contributed by atoms with Gasteiger partial charge in [0, 0.05) is 19.6 Å². The van der Waals surface area contributed by atoms with E-state index in [9.17, 15) is 13.2 Å². The van der Waals surface area contributed by atoms with Gasteiger partial charge in [0.05, 0.1) is 21.7 Å². The molecule has 1 N–H and O–H groups in total. The summed E-state index contributed by atoms with van der Waals surface area (Å²) in [5.41, 5.74) is 0.623. The van der Waals surface area contributed by atoms with Gasteiger partial charge in [0.2, 0.25) is 0 Å². The van der Waals surface area contributed by atoms with Crippen LogP contribution in [0.3, 0.4) is 0 Å². The van der Waals surface area contributed by atoms with Crippen LogP contribution in [-0.4, -0.2) is 31.1 Å². The molecular formula is C19H19Cl2F3N2. The van der Waals surface area contributed by atoms with Crippen molar-refractivity contribution in [2.75, 3.05) is 26.2 Å². The molecule has 140 valence electrons. The fourth-order valence-corrected chi connectivity index (χ4v) is 3.74. The van der Waals surface area contributed by atoms with E-state index in [0.29, 0.717) is 22.2 Å². The molecule has 1 heterocycles. The van der Waals surface area contributed by atoms with E-state index in [1.165, 1.54) is 12.1 Å². The molecule has 1 atom stereocenters. The minimum Gasteiger partial charge on any atom is -0.315 e. The van der Waals surface area contributed by atoms with Crippen molar-refractivity contribution < 1.29 is 13.2 Å². The summed E-state index contributed by atoms with van der Waals surface area (Å²) in [4.78, 5) is 2.16. The van der Waals surface area contributed by atoms with Crippen LogP contribution in [0.1, 0.15) is 29.2 Å². The Morgan fingerprint density at radius 1 is 1.00 bits per heavy atom. The second-order valence-corrected chi connectivity index (χ2v) is 7.09. The maximum atomic E-state index is 13.2. The highest BCUT2D eigenvalue weighted by Gasteiger charge is 2.32. The summed E-state index contributed by atoms with van der Waals surface area (Å²) in [6.45, 7) is 3.13. The largest absolute Gasteiger partial charge is 0.416 e. The topological polar surface area (TPSA) is 15.3 Å². The predicted molar refractivity (Wildman–Crippen MR) is 98.8 cm³/mol. The minimum absolute atomic E-state index is 0.383. The van der Waals surface area contributed by atoms with Crippen molar-refractivity contribution >= 4 is 23.2 Å². The molecule has 26 heavy (non-hydrogen) atoms. The van der Waals surface area contributed by atoms with Crippen LogP contribution >= 0.6 is 23.2 Å². The van der Waals surface area contributed by atoms with E-state index in [1.807, 2.05) is 6.07 Å². The molecule has 1 aliphatic heterocycles. The molecule has 1 saturated heterocycles. The van der Waals surface area contributed by atoms with Gasteiger partial charge in [-0.15, -0.1) is 0 Å². The Bertz CT molecular complexity index is 757. The van der Waals surface area contributed by atoms with Gasteiger partial charge in [0.15, 0.2) is 0 Å². The van der Waals surface area contributed by atoms with Gasteiger partial charge >= 0.3 is 6.18 Å². The number of hydrogen-bond acceptors (Lipinski definition) is 2. The number of benzene rings is 2. The molecule has 2 nitrogen and oxygen atoms in total. The van der Waals surface area contributed by atoms with Gasteiger partial charge < -0.3 is 5.32 Å². The van der Waals surface area contributed by atoms with E-state index < -0.39 is 11.7 Å². The monoisotopic (exact) mass is 402 g/mol. The van der Waals surface area contributed by atoms with Gasteiger partial charge in [0.25, 0.3) is 0 Å². The third-order valence-corrected chi connectivity index (χ3v) is 5.38. The van der Waals surface area contributed by atoms with Crippen molar-refractivity contribution in [2.45, 2.75) is 18.6 Å². The van der Waals surface area contributed by atoms with Crippen molar-refractivity contribution in [3.8, 4) is 0 Å². The quantitative estimate of drug-likeness (QED) is 0.739. The van der Waals surface area contributed by atoms with Crippen LogP contribution in [0.15, 0.2) is 42.5 Å². The first-order chi connectivity index (χ1) is 12.4. The lowest BCUT2D eigenvalue weighted by Crippen LogP contribution is -2.33. The molecule has 2 aromatic carbocycles. The first-order valence-corrected chi connectivity index (χ1v) is 9.19. The Morgan fingerprint density at radius 3 is 2.54 bits per heavy atom. The number of hydrogen-bond donors (Lipinski definition) is 1. The summed E-state index contributed by atoms with van der Waals surface area (Å²) >= 11 is 12.6. The Hall–Kier alpha value is -1.27. The van der Waals surface area contributed by atoms with Crippen LogP contribution in [0, 0.1) is 0 Å². The normalized spacial score (nSPS) is 17.7. The fourth-order valence-electron chi connectivity index (χ4n) is 3.33. The second kappa shape index (κ2) is 8.17. The molecule has 0 bridgehead atoms. The van der Waals surface area contributed by atoms with Gasteiger partial charge in [-0.2, -0.15) is 13.2 Å². The highest BCUT2D eigenvalue weighted by molar-refractivity contribution is 6.42. The zero-order chi connectivity index (χ0) is 18.7. The number of nitrogens with one attached hydrogen (secondary N) is 1. The van der Waals surface area contributed by atoms with E-state index in [4.69, 9.17) is 23.2 Å². The van der Waals surface area contributed by atoms with Gasteiger partial charge in [0.1, 0.15) is 0 Å². The average molecular weight is 403 g/mol. The van der Waals surface area contributed by atoms with Crippen LogP contribution in [0.4, 0.5) is 13.2 Å². The van der Waals surface area contributed by atoms with Crippen molar-refractivity contribution in [1.29, 1.82) is 0 Å². The molecule has 0 spiro atoms. The molecule has 3 rings (SSSR count). The summed E-state index contributed by atoms with van der Waals surface area (Å²) in [6.07, 6.45) is -3.48. The fraction of sp³-hybridized carbons (Fsp3) is 0.368. The second-order valence-electron chi connectivity index (χ2n) is 6.31. The Labute approximate surface area is 160 Å². The first-order valence-electron chi connectivity index (χ1n) is 8.44. The molecule has 0 radical (unpaired) electrons. The van der Waals surface area contributed by atoms with Crippen molar-refractivity contribution in [3.63, 3.8) is 0 Å². The van der Waals surface area contributed by atoms with E-state index in [1.54, 1.807) is 18.2 Å². The molecule has 0 saturated carbocycles. The van der Waals surface area contributed by atoms with E-state index in [2.05, 4.69) is 10.2 Å². The molecule has 0 aliphatic carbocycles. The van der Waals surface area contributed by atoms with Crippen molar-refractivity contribution in [1.82, 2.24) is 10.2 Å². The molecular weight excluding hydrogens is 384 g/mol. The number of alkyl halides is 3. The van der Waals surface area contributed by atoms with Gasteiger partial charge in [-0.05, 0) is 42.3 Å². The van der Waals surface area contributed by atoms with Crippen LogP contribution < -0.4 is 5.32 Å². The zero-order valence-electron chi connectivity index (χ0n) is 14.0. The highest BCUT2D eigenvalue weighted by atomic mass is 35.5. The van der Waals surface area contributed by atoms with E-state index in [0.717, 1.165) is 37.7 Å². The summed E-state index contributed by atoms with van der Waals surface area (Å²) < 4.78 is 39.6. The molecule has 2 aromatic rings. The number of halogens is 5. The Morgan fingerprint density at radius 2 is 1.77 bits per heavy atom. The third kappa shape index (κ3) is 4.34. The number of rotatable bonds is 3. The third-order valence-electron chi connectivity index (χ3n) is 4.55. The Balaban J connectivity index is 2.10. The number of nitrogens with zero attached hydrogens (tertiary/aromatic N) is 1. The smallest absolute Gasteiger partial charge is 0.315 e. The van der Waals surface area contributed by atoms with Crippen molar-refractivity contribution in [3.05, 3.63) is 69.2 Å². The zero-order valence-corrected chi connectivity index (χ0v) is 15.5. The van der Waals surface area contributed by atoms with Crippen LogP contribution in [0.5, 0.6) is 0 Å².